The average molecular weight is 386 g/mol. The third kappa shape index (κ3) is 11.7. The van der Waals surface area contributed by atoms with Crippen LogP contribution in [0.1, 0.15) is 60.3 Å². The van der Waals surface area contributed by atoms with Crippen LogP contribution in [0, 0.1) is 0 Å². The van der Waals surface area contributed by atoms with Gasteiger partial charge in [0.25, 0.3) is 0 Å². The number of alkyl carbamates (subject to hydrolysis) is 1. The molecule has 0 spiro atoms. The first kappa shape index (κ1) is 24.6. The van der Waals surface area contributed by atoms with Crippen LogP contribution in [0.5, 0.6) is 0 Å². The molecule has 0 heterocycles. The van der Waals surface area contributed by atoms with Crippen molar-refractivity contribution in [2.75, 3.05) is 7.11 Å². The molecule has 2 atom stereocenters. The first-order valence-electron chi connectivity index (χ1n) is 8.72. The van der Waals surface area contributed by atoms with Crippen LogP contribution in [0.3, 0.4) is 0 Å². The Morgan fingerprint density at radius 2 is 1.33 bits per heavy atom. The van der Waals surface area contributed by atoms with Gasteiger partial charge < -0.3 is 29.7 Å². The van der Waals surface area contributed by atoms with Crippen LogP contribution >= 0.6 is 0 Å². The molecule has 0 saturated carbocycles. The summed E-state index contributed by atoms with van der Waals surface area (Å²) in [6.07, 6.45) is -0.563. The van der Waals surface area contributed by atoms with Crippen molar-refractivity contribution in [3.05, 3.63) is 0 Å². The second-order valence-electron chi connectivity index (χ2n) is 7.26. The summed E-state index contributed by atoms with van der Waals surface area (Å²) in [5, 5.41) is 4.88. The van der Waals surface area contributed by atoms with Gasteiger partial charge in [-0.25, -0.2) is 9.59 Å². The third-order valence-corrected chi connectivity index (χ3v) is 3.38. The molecule has 9 heteroatoms. The van der Waals surface area contributed by atoms with E-state index in [4.69, 9.17) is 4.74 Å². The Balaban J connectivity index is 5.15. The summed E-state index contributed by atoms with van der Waals surface area (Å²) in [5.74, 6) is -1.66. The number of hydrogen-bond donors (Lipinski definition) is 2. The molecule has 0 aliphatic carbocycles. The van der Waals surface area contributed by atoms with Crippen molar-refractivity contribution in [3.63, 3.8) is 0 Å². The van der Waals surface area contributed by atoms with Crippen LogP contribution in [0.2, 0.25) is 0 Å². The van der Waals surface area contributed by atoms with Crippen LogP contribution in [0.4, 0.5) is 4.79 Å². The topological polar surface area (TPSA) is 128 Å². The van der Waals surface area contributed by atoms with E-state index in [2.05, 4.69) is 15.4 Å². The van der Waals surface area contributed by atoms with Gasteiger partial charge in [-0.3, -0.25) is 4.79 Å². The van der Waals surface area contributed by atoms with E-state index in [0.29, 0.717) is 0 Å². The molecule has 27 heavy (non-hydrogen) atoms. The van der Waals surface area contributed by atoms with Gasteiger partial charge >= 0.3 is 12.1 Å². The molecule has 154 valence electrons. The smallest absolute Gasteiger partial charge is 0.408 e. The molecule has 0 rings (SSSR count). The van der Waals surface area contributed by atoms with Gasteiger partial charge in [-0.1, -0.05) is 0 Å². The van der Waals surface area contributed by atoms with Crippen LogP contribution in [-0.2, 0) is 28.7 Å². The van der Waals surface area contributed by atoms with E-state index in [1.807, 2.05) is 0 Å². The standard InChI is InChI=1S/C18H30N2O7/c1-11(21)7-9-13(20-17(25)27-18(3,4)5)15(23)19-14(16(24)26-6)10-8-12(2)22/h13-14H,7-10H2,1-6H3,(H,19,23)(H,20,25)/t13-,14-/m1/s1. The molecule has 0 aromatic heterocycles. The predicted octanol–water partition coefficient (Wildman–Crippen LogP) is 1.28. The first-order valence-corrected chi connectivity index (χ1v) is 8.72. The maximum atomic E-state index is 12.5. The number of rotatable bonds is 10. The molecular weight excluding hydrogens is 356 g/mol. The average Bonchev–Trinajstić information content (AvgIpc) is 2.52. The molecule has 2 N–H and O–H groups in total. The monoisotopic (exact) mass is 386 g/mol. The summed E-state index contributed by atoms with van der Waals surface area (Å²) >= 11 is 0. The lowest BCUT2D eigenvalue weighted by atomic mass is 10.1. The van der Waals surface area contributed by atoms with Crippen molar-refractivity contribution in [2.45, 2.75) is 78.0 Å². The van der Waals surface area contributed by atoms with Crippen LogP contribution < -0.4 is 10.6 Å². The summed E-state index contributed by atoms with van der Waals surface area (Å²) in [7, 11) is 1.17. The Morgan fingerprint density at radius 1 is 0.852 bits per heavy atom. The third-order valence-electron chi connectivity index (χ3n) is 3.38. The maximum Gasteiger partial charge on any atom is 0.408 e. The number of nitrogens with one attached hydrogen (secondary N) is 2. The van der Waals surface area contributed by atoms with Gasteiger partial charge in [0.15, 0.2) is 0 Å². The molecule has 0 aliphatic heterocycles. The van der Waals surface area contributed by atoms with Crippen LogP contribution in [0.25, 0.3) is 0 Å². The van der Waals surface area contributed by atoms with Gasteiger partial charge in [0.2, 0.25) is 5.91 Å². The van der Waals surface area contributed by atoms with Crippen LogP contribution in [0.15, 0.2) is 0 Å². The largest absolute Gasteiger partial charge is 0.467 e. The molecule has 2 amide bonds. The second-order valence-corrected chi connectivity index (χ2v) is 7.26. The van der Waals surface area contributed by atoms with E-state index in [0.717, 1.165) is 0 Å². The highest BCUT2D eigenvalue weighted by Crippen LogP contribution is 2.09. The zero-order valence-corrected chi connectivity index (χ0v) is 16.8. The zero-order chi connectivity index (χ0) is 21.2. The van der Waals surface area contributed by atoms with Gasteiger partial charge in [-0.15, -0.1) is 0 Å². The SMILES string of the molecule is COC(=O)[C@@H](CCC(C)=O)NC(=O)[C@@H](CCC(C)=O)NC(=O)OC(C)(C)C. The fourth-order valence-electron chi connectivity index (χ4n) is 2.08. The van der Waals surface area contributed by atoms with Crippen LogP contribution in [-0.4, -0.2) is 54.3 Å². The number of hydrogen-bond acceptors (Lipinski definition) is 7. The summed E-state index contributed by atoms with van der Waals surface area (Å²) in [6.45, 7) is 7.76. The van der Waals surface area contributed by atoms with E-state index in [1.165, 1.54) is 21.0 Å². The molecule has 0 saturated heterocycles. The quantitative estimate of drug-likeness (QED) is 0.541. The minimum atomic E-state index is -1.08. The fourth-order valence-corrected chi connectivity index (χ4v) is 2.08. The summed E-state index contributed by atoms with van der Waals surface area (Å²) in [5.41, 5.74) is -0.762. The number of amides is 2. The lowest BCUT2D eigenvalue weighted by Gasteiger charge is -2.24. The van der Waals surface area contributed by atoms with E-state index in [1.54, 1.807) is 20.8 Å². The minimum Gasteiger partial charge on any atom is -0.467 e. The number of carbonyl (C=O) groups excluding carboxylic acids is 5. The molecule has 0 aliphatic rings. The lowest BCUT2D eigenvalue weighted by molar-refractivity contribution is -0.145. The predicted molar refractivity (Wildman–Crippen MR) is 96.9 cm³/mol. The van der Waals surface area contributed by atoms with Gasteiger partial charge in [-0.2, -0.15) is 0 Å². The highest BCUT2D eigenvalue weighted by atomic mass is 16.6. The van der Waals surface area contributed by atoms with Gasteiger partial charge in [0.1, 0.15) is 29.3 Å². The van der Waals surface area contributed by atoms with Crippen molar-refractivity contribution in [3.8, 4) is 0 Å². The molecule has 0 aromatic carbocycles. The van der Waals surface area contributed by atoms with E-state index in [9.17, 15) is 24.0 Å². The fraction of sp³-hybridized carbons (Fsp3) is 0.722. The van der Waals surface area contributed by atoms with Crippen molar-refractivity contribution in [1.82, 2.24) is 10.6 Å². The summed E-state index contributed by atoms with van der Waals surface area (Å²) in [4.78, 5) is 58.8. The molecule has 9 nitrogen and oxygen atoms in total. The van der Waals surface area contributed by atoms with E-state index < -0.39 is 35.7 Å². The molecule has 0 fully saturated rings. The van der Waals surface area contributed by atoms with Crippen molar-refractivity contribution in [2.24, 2.45) is 0 Å². The number of Topliss-reactive ketones (excluding diaryl/α,β-unsaturated/α-hetero) is 2. The zero-order valence-electron chi connectivity index (χ0n) is 16.8. The number of ether oxygens (including phenoxy) is 2. The number of carbonyl (C=O) groups is 5. The Labute approximate surface area is 159 Å². The molecular formula is C18H30N2O7. The number of esters is 1. The van der Waals surface area contributed by atoms with Gasteiger partial charge in [0, 0.05) is 12.8 Å². The maximum absolute atomic E-state index is 12.5. The molecule has 0 bridgehead atoms. The van der Waals surface area contributed by atoms with Crippen molar-refractivity contribution in [1.29, 1.82) is 0 Å². The number of ketones is 2. The Morgan fingerprint density at radius 3 is 1.74 bits per heavy atom. The second kappa shape index (κ2) is 11.3. The Hall–Kier alpha value is -2.45. The normalized spacial score (nSPS) is 13.1. The van der Waals surface area contributed by atoms with Crippen molar-refractivity contribution < 1.29 is 33.4 Å². The van der Waals surface area contributed by atoms with Gasteiger partial charge in [-0.05, 0) is 47.5 Å². The molecule has 0 unspecified atom stereocenters. The number of methoxy groups -OCH3 is 1. The Kier molecular flexibility index (Phi) is 10.3. The summed E-state index contributed by atoms with van der Waals surface area (Å²) in [6, 6.07) is -2.11. The highest BCUT2D eigenvalue weighted by molar-refractivity contribution is 5.90. The summed E-state index contributed by atoms with van der Waals surface area (Å²) < 4.78 is 9.77. The molecule has 0 radical (unpaired) electrons. The Bertz CT molecular complexity index is 567. The molecule has 0 aromatic rings. The lowest BCUT2D eigenvalue weighted by Crippen LogP contribution is -2.52. The minimum absolute atomic E-state index is 0.0427. The van der Waals surface area contributed by atoms with E-state index in [-0.39, 0.29) is 37.2 Å². The van der Waals surface area contributed by atoms with Crippen molar-refractivity contribution >= 4 is 29.5 Å². The first-order chi connectivity index (χ1) is 12.4. The highest BCUT2D eigenvalue weighted by Gasteiger charge is 2.29. The van der Waals surface area contributed by atoms with Gasteiger partial charge in [0.05, 0.1) is 7.11 Å². The van der Waals surface area contributed by atoms with E-state index >= 15 is 0 Å².